The summed E-state index contributed by atoms with van der Waals surface area (Å²) in [5.41, 5.74) is -0.925. The highest BCUT2D eigenvalue weighted by molar-refractivity contribution is 9.10. The number of carbonyl (C=O) groups is 2. The number of rotatable bonds is 7. The van der Waals surface area contributed by atoms with Gasteiger partial charge in [0.05, 0.1) is 21.3 Å². The Kier molecular flexibility index (Phi) is 8.25. The lowest BCUT2D eigenvalue weighted by Gasteiger charge is -2.39. The number of benzene rings is 2. The molecule has 204 valence electrons. The van der Waals surface area contributed by atoms with Crippen molar-refractivity contribution in [2.45, 2.75) is 37.9 Å². The lowest BCUT2D eigenvalue weighted by molar-refractivity contribution is -0.113. The van der Waals surface area contributed by atoms with Crippen LogP contribution in [0.15, 0.2) is 64.4 Å². The SMILES string of the molecule is C=C(C(=O)Nc1c(C(=O)NC2(C)CCC2)cc2cc(Br)ccc2c1Cl)N(/N=C/C(F)(F)F)c1ncccc1Cl. The van der Waals surface area contributed by atoms with E-state index in [4.69, 9.17) is 23.2 Å². The minimum atomic E-state index is -4.80. The number of amides is 2. The Morgan fingerprint density at radius 3 is 2.56 bits per heavy atom. The van der Waals surface area contributed by atoms with Crippen molar-refractivity contribution in [3.05, 3.63) is 75.0 Å². The zero-order valence-electron chi connectivity index (χ0n) is 20.4. The van der Waals surface area contributed by atoms with Crippen LogP contribution in [0, 0.1) is 0 Å². The number of hydrogen-bond acceptors (Lipinski definition) is 5. The number of carbonyl (C=O) groups excluding carboxylic acids is 2. The molecule has 4 rings (SSSR count). The third-order valence-electron chi connectivity index (χ3n) is 6.17. The van der Waals surface area contributed by atoms with Crippen LogP contribution in [0.2, 0.25) is 10.0 Å². The highest BCUT2D eigenvalue weighted by Gasteiger charge is 2.35. The van der Waals surface area contributed by atoms with E-state index in [0.717, 1.165) is 23.7 Å². The van der Waals surface area contributed by atoms with E-state index in [-0.39, 0.29) is 33.3 Å². The summed E-state index contributed by atoms with van der Waals surface area (Å²) in [4.78, 5) is 30.7. The lowest BCUT2D eigenvalue weighted by Crippen LogP contribution is -2.51. The average Bonchev–Trinajstić information content (AvgIpc) is 2.84. The first-order valence-corrected chi connectivity index (χ1v) is 13.1. The highest BCUT2D eigenvalue weighted by atomic mass is 79.9. The molecule has 0 atom stereocenters. The highest BCUT2D eigenvalue weighted by Crippen LogP contribution is 2.38. The van der Waals surface area contributed by atoms with Gasteiger partial charge in [0, 0.05) is 21.6 Å². The Bertz CT molecular complexity index is 1510. The molecule has 2 N–H and O–H groups in total. The van der Waals surface area contributed by atoms with E-state index in [2.05, 4.69) is 43.2 Å². The maximum Gasteiger partial charge on any atom is 0.428 e. The standard InChI is InChI=1S/C26H21BrCl2F3N5O2/c1-14(37(34-13-26(30,31)32)22-19(28)5-3-10-33-22)23(38)35-21-18(24(39)36-25(2)8-4-9-25)12-15-11-16(27)6-7-17(15)20(21)29/h3,5-7,10-13H,1,4,8-9H2,2H3,(H,35,38)(H,36,39)/b34-13+. The zero-order chi connectivity index (χ0) is 28.5. The van der Waals surface area contributed by atoms with Crippen LogP contribution in [-0.4, -0.2) is 34.7 Å². The van der Waals surface area contributed by atoms with Crippen molar-refractivity contribution in [3.8, 4) is 0 Å². The van der Waals surface area contributed by atoms with Crippen LogP contribution < -0.4 is 15.6 Å². The van der Waals surface area contributed by atoms with E-state index < -0.39 is 29.2 Å². The molecule has 0 bridgehead atoms. The number of hydrogen-bond donors (Lipinski definition) is 2. The molecule has 39 heavy (non-hydrogen) atoms. The molecule has 1 heterocycles. The van der Waals surface area contributed by atoms with E-state index in [1.54, 1.807) is 24.3 Å². The predicted molar refractivity (Wildman–Crippen MR) is 150 cm³/mol. The van der Waals surface area contributed by atoms with E-state index in [1.807, 2.05) is 6.92 Å². The van der Waals surface area contributed by atoms with E-state index in [9.17, 15) is 22.8 Å². The van der Waals surface area contributed by atoms with E-state index >= 15 is 0 Å². The van der Waals surface area contributed by atoms with Crippen molar-refractivity contribution in [1.29, 1.82) is 0 Å². The number of aromatic nitrogens is 1. The molecule has 0 saturated heterocycles. The van der Waals surface area contributed by atoms with Gasteiger partial charge in [-0.3, -0.25) is 9.59 Å². The summed E-state index contributed by atoms with van der Waals surface area (Å²) in [5.74, 6) is -1.72. The number of nitrogens with one attached hydrogen (secondary N) is 2. The summed E-state index contributed by atoms with van der Waals surface area (Å²) in [6.07, 6.45) is -1.30. The number of halogens is 6. The Labute approximate surface area is 240 Å². The van der Waals surface area contributed by atoms with Gasteiger partial charge in [-0.1, -0.05) is 51.8 Å². The van der Waals surface area contributed by atoms with Crippen LogP contribution in [0.5, 0.6) is 0 Å². The maximum atomic E-state index is 13.4. The minimum Gasteiger partial charge on any atom is -0.347 e. The topological polar surface area (TPSA) is 86.7 Å². The molecule has 3 aromatic rings. The van der Waals surface area contributed by atoms with Crippen LogP contribution in [-0.2, 0) is 4.79 Å². The van der Waals surface area contributed by atoms with Gasteiger partial charge in [-0.05, 0) is 61.9 Å². The molecular weight excluding hydrogens is 622 g/mol. The largest absolute Gasteiger partial charge is 0.428 e. The molecule has 0 radical (unpaired) electrons. The summed E-state index contributed by atoms with van der Waals surface area (Å²) in [6.45, 7) is 5.53. The van der Waals surface area contributed by atoms with Gasteiger partial charge in [0.25, 0.3) is 11.8 Å². The number of fused-ring (bicyclic) bond motifs is 1. The van der Waals surface area contributed by atoms with Crippen molar-refractivity contribution in [1.82, 2.24) is 10.3 Å². The van der Waals surface area contributed by atoms with Crippen LogP contribution in [0.1, 0.15) is 36.5 Å². The summed E-state index contributed by atoms with van der Waals surface area (Å²) in [6, 6.07) is 9.62. The smallest absolute Gasteiger partial charge is 0.347 e. The van der Waals surface area contributed by atoms with Gasteiger partial charge in [-0.2, -0.15) is 18.3 Å². The third kappa shape index (κ3) is 6.54. The lowest BCUT2D eigenvalue weighted by atomic mass is 9.78. The number of anilines is 2. The van der Waals surface area contributed by atoms with Crippen molar-refractivity contribution in [2.24, 2.45) is 5.10 Å². The molecule has 1 fully saturated rings. The Morgan fingerprint density at radius 1 is 1.23 bits per heavy atom. The molecule has 0 unspecified atom stereocenters. The van der Waals surface area contributed by atoms with Gasteiger partial charge < -0.3 is 10.6 Å². The molecule has 0 spiro atoms. The Morgan fingerprint density at radius 2 is 1.95 bits per heavy atom. The van der Waals surface area contributed by atoms with Crippen LogP contribution >= 0.6 is 39.1 Å². The molecule has 7 nitrogen and oxygen atoms in total. The number of pyridine rings is 1. The Balaban J connectivity index is 1.75. The fraction of sp³-hybridized carbons (Fsp3) is 0.231. The van der Waals surface area contributed by atoms with Crippen LogP contribution in [0.4, 0.5) is 24.7 Å². The monoisotopic (exact) mass is 641 g/mol. The van der Waals surface area contributed by atoms with Crippen molar-refractivity contribution < 1.29 is 22.8 Å². The van der Waals surface area contributed by atoms with Crippen molar-refractivity contribution in [3.63, 3.8) is 0 Å². The number of alkyl halides is 3. The first-order valence-electron chi connectivity index (χ1n) is 11.5. The summed E-state index contributed by atoms with van der Waals surface area (Å²) in [5, 5.41) is 10.6. The first-order chi connectivity index (χ1) is 18.3. The number of hydrazone groups is 1. The van der Waals surface area contributed by atoms with Crippen molar-refractivity contribution in [2.75, 3.05) is 10.3 Å². The predicted octanol–water partition coefficient (Wildman–Crippen LogP) is 7.48. The summed E-state index contributed by atoms with van der Waals surface area (Å²) in [7, 11) is 0. The fourth-order valence-corrected chi connectivity index (χ4v) is 4.90. The molecule has 1 aliphatic rings. The molecule has 1 saturated carbocycles. The molecule has 13 heteroatoms. The quantitative estimate of drug-likeness (QED) is 0.159. The summed E-state index contributed by atoms with van der Waals surface area (Å²) >= 11 is 16.2. The van der Waals surface area contributed by atoms with Gasteiger partial charge in [0.2, 0.25) is 0 Å². The van der Waals surface area contributed by atoms with Gasteiger partial charge in [0.15, 0.2) is 5.82 Å². The number of nitrogens with zero attached hydrogens (tertiary/aromatic N) is 3. The van der Waals surface area contributed by atoms with Crippen LogP contribution in [0.25, 0.3) is 10.8 Å². The molecule has 1 aliphatic carbocycles. The molecule has 0 aliphatic heterocycles. The van der Waals surface area contributed by atoms with Gasteiger partial charge >= 0.3 is 6.18 Å². The van der Waals surface area contributed by atoms with Crippen LogP contribution in [0.3, 0.4) is 0 Å². The average molecular weight is 643 g/mol. The van der Waals surface area contributed by atoms with Crippen molar-refractivity contribution >= 4 is 79.4 Å². The second-order valence-corrected chi connectivity index (χ2v) is 10.9. The minimum absolute atomic E-state index is 0.0371. The second-order valence-electron chi connectivity index (χ2n) is 9.15. The zero-order valence-corrected chi connectivity index (χ0v) is 23.5. The van der Waals surface area contributed by atoms with Gasteiger partial charge in [-0.25, -0.2) is 9.99 Å². The van der Waals surface area contributed by atoms with Gasteiger partial charge in [-0.15, -0.1) is 0 Å². The fourth-order valence-electron chi connectivity index (χ4n) is 4.00. The third-order valence-corrected chi connectivity index (χ3v) is 7.35. The first kappa shape index (κ1) is 28.8. The molecule has 2 aromatic carbocycles. The summed E-state index contributed by atoms with van der Waals surface area (Å²) < 4.78 is 39.6. The molecular formula is C26H21BrCl2F3N5O2. The van der Waals surface area contributed by atoms with E-state index in [0.29, 0.717) is 15.8 Å². The Hall–Kier alpha value is -3.15. The normalized spacial score (nSPS) is 14.6. The van der Waals surface area contributed by atoms with E-state index in [1.165, 1.54) is 18.3 Å². The van der Waals surface area contributed by atoms with Gasteiger partial charge in [0.1, 0.15) is 11.9 Å². The molecule has 1 aromatic heterocycles. The second kappa shape index (κ2) is 11.1. The maximum absolute atomic E-state index is 13.4. The molecule has 2 amide bonds.